The number of likely N-dealkylation sites (tertiary alicyclic amines) is 1. The maximum atomic E-state index is 13.9. The molecule has 23 heavy (non-hydrogen) atoms. The van der Waals surface area contributed by atoms with Crippen LogP contribution in [0.1, 0.15) is 24.4 Å². The summed E-state index contributed by atoms with van der Waals surface area (Å²) in [5, 5.41) is 12.1. The van der Waals surface area contributed by atoms with Gasteiger partial charge >= 0.3 is 0 Å². The molecule has 1 aromatic rings. The summed E-state index contributed by atoms with van der Waals surface area (Å²) in [6.45, 7) is -0.0431. The predicted octanol–water partition coefficient (Wildman–Crippen LogP) is 0.739. The van der Waals surface area contributed by atoms with Crippen LogP contribution in [0.2, 0.25) is 0 Å². The van der Waals surface area contributed by atoms with Gasteiger partial charge in [0.25, 0.3) is 0 Å². The highest BCUT2D eigenvalue weighted by Crippen LogP contribution is 2.34. The molecule has 0 saturated carbocycles. The molecule has 0 aliphatic carbocycles. The van der Waals surface area contributed by atoms with Crippen molar-refractivity contribution in [3.8, 4) is 12.3 Å². The van der Waals surface area contributed by atoms with Crippen molar-refractivity contribution in [2.24, 2.45) is 0 Å². The van der Waals surface area contributed by atoms with Crippen LogP contribution in [-0.4, -0.2) is 41.0 Å². The second kappa shape index (κ2) is 7.20. The van der Waals surface area contributed by atoms with E-state index in [-0.39, 0.29) is 25.1 Å². The van der Waals surface area contributed by atoms with Gasteiger partial charge in [0.05, 0.1) is 18.7 Å². The first-order valence-electron chi connectivity index (χ1n) is 7.05. The van der Waals surface area contributed by atoms with E-state index in [1.54, 1.807) is 0 Å². The Balaban J connectivity index is 2.16. The number of hydrogen-bond acceptors (Lipinski definition) is 3. The van der Waals surface area contributed by atoms with Gasteiger partial charge in [-0.15, -0.1) is 6.42 Å². The van der Waals surface area contributed by atoms with Gasteiger partial charge in [-0.1, -0.05) is 5.92 Å². The van der Waals surface area contributed by atoms with E-state index < -0.39 is 42.0 Å². The zero-order valence-electron chi connectivity index (χ0n) is 12.3. The lowest BCUT2D eigenvalue weighted by Crippen LogP contribution is -2.36. The maximum absolute atomic E-state index is 13.9. The highest BCUT2D eigenvalue weighted by atomic mass is 19.1. The number of aliphatic hydroxyl groups is 1. The largest absolute Gasteiger partial charge is 0.391 e. The van der Waals surface area contributed by atoms with Crippen molar-refractivity contribution in [2.75, 3.05) is 13.1 Å². The number of halogens is 2. The Hall–Kier alpha value is -2.46. The van der Waals surface area contributed by atoms with Crippen LogP contribution >= 0.6 is 0 Å². The third-order valence-electron chi connectivity index (χ3n) is 3.62. The minimum atomic E-state index is -0.861. The molecule has 0 radical (unpaired) electrons. The quantitative estimate of drug-likeness (QED) is 0.634. The van der Waals surface area contributed by atoms with Gasteiger partial charge in [-0.3, -0.25) is 9.59 Å². The SMILES string of the molecule is C#CCNC(=O)CC(=O)N1CC(O)CC1c1cc(F)ccc1F. The Kier molecular flexibility index (Phi) is 5.29. The van der Waals surface area contributed by atoms with Gasteiger partial charge in [0.15, 0.2) is 0 Å². The first kappa shape index (κ1) is 16.9. The van der Waals surface area contributed by atoms with Gasteiger partial charge < -0.3 is 15.3 Å². The van der Waals surface area contributed by atoms with E-state index in [2.05, 4.69) is 11.2 Å². The number of benzene rings is 1. The predicted molar refractivity (Wildman–Crippen MR) is 77.9 cm³/mol. The number of nitrogens with one attached hydrogen (secondary N) is 1. The molecule has 2 unspecified atom stereocenters. The molecule has 2 atom stereocenters. The monoisotopic (exact) mass is 322 g/mol. The summed E-state index contributed by atoms with van der Waals surface area (Å²) in [6.07, 6.45) is 3.76. The molecule has 2 amide bonds. The minimum absolute atomic E-state index is 0.00328. The van der Waals surface area contributed by atoms with Crippen molar-refractivity contribution in [1.29, 1.82) is 0 Å². The normalized spacial score (nSPS) is 20.2. The van der Waals surface area contributed by atoms with Crippen molar-refractivity contribution in [1.82, 2.24) is 10.2 Å². The summed E-state index contributed by atoms with van der Waals surface area (Å²) < 4.78 is 27.3. The summed E-state index contributed by atoms with van der Waals surface area (Å²) in [5.41, 5.74) is -0.0149. The molecule has 1 aliphatic rings. The molecule has 1 aromatic carbocycles. The molecule has 122 valence electrons. The molecule has 7 heteroatoms. The third-order valence-corrected chi connectivity index (χ3v) is 3.62. The Bertz CT molecular complexity index is 657. The number of hydrogen-bond donors (Lipinski definition) is 2. The van der Waals surface area contributed by atoms with E-state index in [1.165, 1.54) is 4.90 Å². The zero-order chi connectivity index (χ0) is 17.0. The number of terminal acetylenes is 1. The van der Waals surface area contributed by atoms with Gasteiger partial charge in [-0.2, -0.15) is 0 Å². The van der Waals surface area contributed by atoms with Crippen molar-refractivity contribution in [3.05, 3.63) is 35.4 Å². The van der Waals surface area contributed by atoms with Crippen LogP contribution in [0, 0.1) is 24.0 Å². The Morgan fingerprint density at radius 1 is 1.43 bits per heavy atom. The molecule has 2 rings (SSSR count). The van der Waals surface area contributed by atoms with Crippen LogP contribution < -0.4 is 5.32 Å². The number of carbonyl (C=O) groups is 2. The van der Waals surface area contributed by atoms with E-state index in [9.17, 15) is 23.5 Å². The van der Waals surface area contributed by atoms with Gasteiger partial charge in [-0.05, 0) is 24.6 Å². The molecule has 1 saturated heterocycles. The lowest BCUT2D eigenvalue weighted by atomic mass is 10.0. The van der Waals surface area contributed by atoms with Gasteiger partial charge in [0.1, 0.15) is 18.1 Å². The highest BCUT2D eigenvalue weighted by molar-refractivity contribution is 5.97. The fraction of sp³-hybridized carbons (Fsp3) is 0.375. The van der Waals surface area contributed by atoms with Crippen LogP contribution in [0.25, 0.3) is 0 Å². The number of rotatable bonds is 4. The average molecular weight is 322 g/mol. The molecule has 0 bridgehead atoms. The summed E-state index contributed by atoms with van der Waals surface area (Å²) >= 11 is 0. The van der Waals surface area contributed by atoms with Crippen LogP contribution in [0.5, 0.6) is 0 Å². The van der Waals surface area contributed by atoms with Crippen LogP contribution in [0.4, 0.5) is 8.78 Å². The summed E-state index contributed by atoms with van der Waals surface area (Å²) in [5.74, 6) is -0.236. The number of β-amino-alcohol motifs (C(OH)–C–C–N with tert-alkyl or cyclic N) is 1. The number of nitrogens with zero attached hydrogens (tertiary/aromatic N) is 1. The second-order valence-corrected chi connectivity index (χ2v) is 5.27. The van der Waals surface area contributed by atoms with Crippen molar-refractivity contribution >= 4 is 11.8 Å². The molecule has 0 aromatic heterocycles. The van der Waals surface area contributed by atoms with Gasteiger partial charge in [0, 0.05) is 12.1 Å². The van der Waals surface area contributed by atoms with E-state index >= 15 is 0 Å². The van der Waals surface area contributed by atoms with Crippen LogP contribution in [0.15, 0.2) is 18.2 Å². The van der Waals surface area contributed by atoms with E-state index in [0.717, 1.165) is 18.2 Å². The zero-order valence-corrected chi connectivity index (χ0v) is 12.3. The van der Waals surface area contributed by atoms with E-state index in [1.807, 2.05) is 0 Å². The Labute approximate surface area is 132 Å². The number of aliphatic hydroxyl groups excluding tert-OH is 1. The molecular formula is C16H16F2N2O3. The third kappa shape index (κ3) is 4.05. The van der Waals surface area contributed by atoms with Gasteiger partial charge in [0.2, 0.25) is 11.8 Å². The minimum Gasteiger partial charge on any atom is -0.391 e. The molecule has 0 spiro atoms. The molecule has 1 heterocycles. The molecule has 1 aliphatic heterocycles. The number of carbonyl (C=O) groups excluding carboxylic acids is 2. The topological polar surface area (TPSA) is 69.6 Å². The fourth-order valence-corrected chi connectivity index (χ4v) is 2.61. The van der Waals surface area contributed by atoms with E-state index in [0.29, 0.717) is 0 Å². The van der Waals surface area contributed by atoms with Crippen molar-refractivity contribution in [2.45, 2.75) is 25.0 Å². The van der Waals surface area contributed by atoms with Crippen molar-refractivity contribution in [3.63, 3.8) is 0 Å². The second-order valence-electron chi connectivity index (χ2n) is 5.27. The van der Waals surface area contributed by atoms with Crippen LogP contribution in [-0.2, 0) is 9.59 Å². The molecule has 1 fully saturated rings. The highest BCUT2D eigenvalue weighted by Gasteiger charge is 2.37. The lowest BCUT2D eigenvalue weighted by Gasteiger charge is -2.25. The summed E-state index contributed by atoms with van der Waals surface area (Å²) in [4.78, 5) is 25.0. The Morgan fingerprint density at radius 2 is 2.17 bits per heavy atom. The van der Waals surface area contributed by atoms with Crippen molar-refractivity contribution < 1.29 is 23.5 Å². The first-order valence-corrected chi connectivity index (χ1v) is 7.05. The fourth-order valence-electron chi connectivity index (χ4n) is 2.61. The van der Waals surface area contributed by atoms with E-state index in [4.69, 9.17) is 6.42 Å². The maximum Gasteiger partial charge on any atom is 0.232 e. The molecular weight excluding hydrogens is 306 g/mol. The lowest BCUT2D eigenvalue weighted by molar-refractivity contribution is -0.137. The summed E-state index contributed by atoms with van der Waals surface area (Å²) in [7, 11) is 0. The Morgan fingerprint density at radius 3 is 2.87 bits per heavy atom. The van der Waals surface area contributed by atoms with Crippen LogP contribution in [0.3, 0.4) is 0 Å². The smallest absolute Gasteiger partial charge is 0.232 e. The van der Waals surface area contributed by atoms with Gasteiger partial charge in [-0.25, -0.2) is 8.78 Å². The standard InChI is InChI=1S/C16H16F2N2O3/c1-2-5-19-15(22)8-16(23)20-9-11(21)7-14(20)12-6-10(17)3-4-13(12)18/h1,3-4,6,11,14,21H,5,7-9H2,(H,19,22). The number of amides is 2. The molecule has 2 N–H and O–H groups in total. The first-order chi connectivity index (χ1) is 10.9. The summed E-state index contributed by atoms with van der Waals surface area (Å²) in [6, 6.07) is 2.13. The average Bonchev–Trinajstić information content (AvgIpc) is 2.89. The molecule has 5 nitrogen and oxygen atoms in total.